The summed E-state index contributed by atoms with van der Waals surface area (Å²) in [4.78, 5) is 10.9. The van der Waals surface area contributed by atoms with E-state index in [1.54, 1.807) is 18.2 Å². The summed E-state index contributed by atoms with van der Waals surface area (Å²) in [7, 11) is 1.46. The summed E-state index contributed by atoms with van der Waals surface area (Å²) in [5.74, 6) is 0.457. The van der Waals surface area contributed by atoms with Crippen LogP contribution in [-0.2, 0) is 11.3 Å². The third-order valence-electron chi connectivity index (χ3n) is 2.16. The summed E-state index contributed by atoms with van der Waals surface area (Å²) < 4.78 is 10.1. The van der Waals surface area contributed by atoms with Crippen LogP contribution in [0.5, 0.6) is 0 Å². The maximum Gasteiger partial charge on any atom is 0.407 e. The standard InChI is InChI=1S/C11H9Cl2N3O3/c1-14-11(17)18-5-9-15-16-10(19-9)6-2-3-7(12)8(13)4-6/h2-4H,5H2,1H3,(H,14,17). The van der Waals surface area contributed by atoms with E-state index < -0.39 is 6.09 Å². The van der Waals surface area contributed by atoms with Crippen LogP contribution in [0, 0.1) is 0 Å². The Morgan fingerprint density at radius 1 is 1.37 bits per heavy atom. The van der Waals surface area contributed by atoms with Crippen molar-refractivity contribution < 1.29 is 13.9 Å². The Balaban J connectivity index is 2.12. The Bertz CT molecular complexity index is 601. The first-order valence-electron chi connectivity index (χ1n) is 5.22. The van der Waals surface area contributed by atoms with Crippen molar-refractivity contribution in [1.82, 2.24) is 15.5 Å². The van der Waals surface area contributed by atoms with E-state index in [4.69, 9.17) is 32.4 Å². The van der Waals surface area contributed by atoms with Crippen LogP contribution < -0.4 is 5.32 Å². The number of ether oxygens (including phenoxy) is 1. The Morgan fingerprint density at radius 3 is 2.84 bits per heavy atom. The second kappa shape index (κ2) is 5.90. The van der Waals surface area contributed by atoms with Crippen molar-refractivity contribution >= 4 is 29.3 Å². The predicted molar refractivity (Wildman–Crippen MR) is 69.0 cm³/mol. The molecule has 0 spiro atoms. The van der Waals surface area contributed by atoms with Crippen LogP contribution in [0.15, 0.2) is 22.6 Å². The molecule has 8 heteroatoms. The summed E-state index contributed by atoms with van der Waals surface area (Å²) in [5, 5.41) is 10.7. The number of hydrogen-bond donors (Lipinski definition) is 1. The Morgan fingerprint density at radius 2 is 2.16 bits per heavy atom. The van der Waals surface area contributed by atoms with Crippen LogP contribution in [0.1, 0.15) is 5.89 Å². The van der Waals surface area contributed by atoms with Gasteiger partial charge in [0.1, 0.15) is 0 Å². The molecule has 0 atom stereocenters. The van der Waals surface area contributed by atoms with Crippen molar-refractivity contribution in [3.8, 4) is 11.5 Å². The van der Waals surface area contributed by atoms with Gasteiger partial charge in [-0.3, -0.25) is 0 Å². The molecule has 1 amide bonds. The third kappa shape index (κ3) is 3.36. The summed E-state index contributed by atoms with van der Waals surface area (Å²) >= 11 is 11.7. The molecular weight excluding hydrogens is 293 g/mol. The van der Waals surface area contributed by atoms with Gasteiger partial charge in [0.25, 0.3) is 5.89 Å². The van der Waals surface area contributed by atoms with Crippen LogP contribution in [0.3, 0.4) is 0 Å². The van der Waals surface area contributed by atoms with Gasteiger partial charge in [0.05, 0.1) is 10.0 Å². The van der Waals surface area contributed by atoms with E-state index in [1.807, 2.05) is 0 Å². The number of hydrogen-bond acceptors (Lipinski definition) is 5. The fraction of sp³-hybridized carbons (Fsp3) is 0.182. The Hall–Kier alpha value is -1.79. The number of nitrogens with zero attached hydrogens (tertiary/aromatic N) is 2. The molecule has 0 aliphatic carbocycles. The van der Waals surface area contributed by atoms with Gasteiger partial charge in [0, 0.05) is 12.6 Å². The van der Waals surface area contributed by atoms with Gasteiger partial charge in [0.15, 0.2) is 6.61 Å². The minimum atomic E-state index is -0.575. The molecule has 0 saturated carbocycles. The van der Waals surface area contributed by atoms with Gasteiger partial charge in [0.2, 0.25) is 5.89 Å². The minimum Gasteiger partial charge on any atom is -0.439 e. The van der Waals surface area contributed by atoms with Crippen LogP contribution in [0.25, 0.3) is 11.5 Å². The van der Waals surface area contributed by atoms with E-state index in [1.165, 1.54) is 7.05 Å². The Labute approximate surface area is 118 Å². The van der Waals surface area contributed by atoms with Crippen LogP contribution in [-0.4, -0.2) is 23.3 Å². The maximum absolute atomic E-state index is 10.9. The SMILES string of the molecule is CNC(=O)OCc1nnc(-c2ccc(Cl)c(Cl)c2)o1. The maximum atomic E-state index is 10.9. The number of halogens is 2. The van der Waals surface area contributed by atoms with Gasteiger partial charge >= 0.3 is 6.09 Å². The molecule has 0 bridgehead atoms. The lowest BCUT2D eigenvalue weighted by Gasteiger charge is -1.99. The van der Waals surface area contributed by atoms with Crippen molar-refractivity contribution in [3.63, 3.8) is 0 Å². The predicted octanol–water partition coefficient (Wildman–Crippen LogP) is 2.90. The highest BCUT2D eigenvalue weighted by atomic mass is 35.5. The van der Waals surface area contributed by atoms with Crippen LogP contribution >= 0.6 is 23.2 Å². The van der Waals surface area contributed by atoms with E-state index in [2.05, 4.69) is 15.5 Å². The molecule has 19 heavy (non-hydrogen) atoms. The monoisotopic (exact) mass is 301 g/mol. The smallest absolute Gasteiger partial charge is 0.407 e. The summed E-state index contributed by atoms with van der Waals surface area (Å²) in [5.41, 5.74) is 0.632. The number of rotatable bonds is 3. The number of nitrogens with one attached hydrogen (secondary N) is 1. The quantitative estimate of drug-likeness (QED) is 0.943. The van der Waals surface area contributed by atoms with Crippen molar-refractivity contribution in [1.29, 1.82) is 0 Å². The van der Waals surface area contributed by atoms with Gasteiger partial charge in [-0.15, -0.1) is 10.2 Å². The van der Waals surface area contributed by atoms with E-state index >= 15 is 0 Å². The molecule has 2 rings (SSSR count). The lowest BCUT2D eigenvalue weighted by atomic mass is 10.2. The normalized spacial score (nSPS) is 10.3. The first kappa shape index (κ1) is 13.6. The molecule has 1 aromatic heterocycles. The second-order valence-electron chi connectivity index (χ2n) is 3.46. The zero-order chi connectivity index (χ0) is 13.8. The number of carbonyl (C=O) groups excluding carboxylic acids is 1. The molecule has 6 nitrogen and oxygen atoms in total. The number of benzene rings is 1. The zero-order valence-electron chi connectivity index (χ0n) is 9.81. The van der Waals surface area contributed by atoms with Gasteiger partial charge in [-0.25, -0.2) is 4.79 Å². The summed E-state index contributed by atoms with van der Waals surface area (Å²) in [6.45, 7) is -0.103. The zero-order valence-corrected chi connectivity index (χ0v) is 11.3. The molecule has 100 valence electrons. The number of amides is 1. The minimum absolute atomic E-state index is 0.103. The van der Waals surface area contributed by atoms with Crippen LogP contribution in [0.2, 0.25) is 10.0 Å². The van der Waals surface area contributed by atoms with Crippen molar-refractivity contribution in [2.24, 2.45) is 0 Å². The molecule has 1 N–H and O–H groups in total. The summed E-state index contributed by atoms with van der Waals surface area (Å²) in [6, 6.07) is 4.94. The van der Waals surface area contributed by atoms with Gasteiger partial charge in [-0.05, 0) is 18.2 Å². The van der Waals surface area contributed by atoms with Crippen LogP contribution in [0.4, 0.5) is 4.79 Å². The van der Waals surface area contributed by atoms with Crippen molar-refractivity contribution in [3.05, 3.63) is 34.1 Å². The lowest BCUT2D eigenvalue weighted by molar-refractivity contribution is 0.131. The topological polar surface area (TPSA) is 77.2 Å². The highest BCUT2D eigenvalue weighted by molar-refractivity contribution is 6.42. The van der Waals surface area contributed by atoms with E-state index in [0.717, 1.165) is 0 Å². The molecule has 0 fully saturated rings. The molecule has 0 aliphatic rings. The highest BCUT2D eigenvalue weighted by Gasteiger charge is 2.11. The summed E-state index contributed by atoms with van der Waals surface area (Å²) in [6.07, 6.45) is -0.575. The van der Waals surface area contributed by atoms with E-state index in [-0.39, 0.29) is 18.4 Å². The first-order chi connectivity index (χ1) is 9.10. The molecule has 0 radical (unpaired) electrons. The average Bonchev–Trinajstić information content (AvgIpc) is 2.88. The fourth-order valence-electron chi connectivity index (χ4n) is 1.26. The molecule has 0 unspecified atom stereocenters. The molecule has 2 aromatic rings. The third-order valence-corrected chi connectivity index (χ3v) is 2.90. The number of aromatic nitrogens is 2. The number of alkyl carbamates (subject to hydrolysis) is 1. The molecular formula is C11H9Cl2N3O3. The van der Waals surface area contributed by atoms with Gasteiger partial charge in [-0.1, -0.05) is 23.2 Å². The fourth-order valence-corrected chi connectivity index (χ4v) is 1.56. The number of carbonyl (C=O) groups is 1. The van der Waals surface area contributed by atoms with Gasteiger partial charge in [-0.2, -0.15) is 0 Å². The first-order valence-corrected chi connectivity index (χ1v) is 5.98. The van der Waals surface area contributed by atoms with E-state index in [9.17, 15) is 4.79 Å². The van der Waals surface area contributed by atoms with Crippen molar-refractivity contribution in [2.75, 3.05) is 7.05 Å². The largest absolute Gasteiger partial charge is 0.439 e. The molecule has 1 heterocycles. The van der Waals surface area contributed by atoms with Crippen molar-refractivity contribution in [2.45, 2.75) is 6.61 Å². The molecule has 1 aromatic carbocycles. The van der Waals surface area contributed by atoms with E-state index in [0.29, 0.717) is 15.6 Å². The molecule has 0 saturated heterocycles. The Kier molecular flexibility index (Phi) is 4.24. The van der Waals surface area contributed by atoms with Gasteiger partial charge < -0.3 is 14.5 Å². The highest BCUT2D eigenvalue weighted by Crippen LogP contribution is 2.27. The second-order valence-corrected chi connectivity index (χ2v) is 4.27. The molecule has 0 aliphatic heterocycles. The average molecular weight is 302 g/mol. The lowest BCUT2D eigenvalue weighted by Crippen LogP contribution is -2.18.